The predicted octanol–water partition coefficient (Wildman–Crippen LogP) is 3.84. The van der Waals surface area contributed by atoms with Gasteiger partial charge in [0.05, 0.1) is 12.2 Å². The Kier molecular flexibility index (Phi) is 7.25. The van der Waals surface area contributed by atoms with E-state index in [4.69, 9.17) is 18.3 Å². The Hall–Kier alpha value is -2.08. The number of alkyl halides is 1. The van der Waals surface area contributed by atoms with Crippen LogP contribution in [0.2, 0.25) is 0 Å². The molecule has 1 aromatic rings. The summed E-state index contributed by atoms with van der Waals surface area (Å²) in [5.41, 5.74) is 0.312. The van der Waals surface area contributed by atoms with Gasteiger partial charge in [0, 0.05) is 23.8 Å². The molecule has 5 atom stereocenters. The van der Waals surface area contributed by atoms with Crippen molar-refractivity contribution in [3.63, 3.8) is 0 Å². The van der Waals surface area contributed by atoms with Gasteiger partial charge in [-0.1, -0.05) is 41.5 Å². The van der Waals surface area contributed by atoms with Crippen LogP contribution in [0.1, 0.15) is 71.6 Å². The Labute approximate surface area is 220 Å². The molecule has 38 heavy (non-hydrogen) atoms. The van der Waals surface area contributed by atoms with Crippen molar-refractivity contribution in [3.05, 3.63) is 40.3 Å². The zero-order chi connectivity index (χ0) is 28.4. The zero-order valence-corrected chi connectivity index (χ0v) is 23.4. The Morgan fingerprint density at radius 3 is 2.45 bits per heavy atom. The number of aliphatic hydroxyl groups excluding tert-OH is 2. The van der Waals surface area contributed by atoms with Gasteiger partial charge in [-0.05, 0) is 29.4 Å². The molecule has 0 bridgehead atoms. The van der Waals surface area contributed by atoms with Gasteiger partial charge in [0.15, 0.2) is 6.23 Å². The number of hydrogen-bond acceptors (Lipinski definition) is 9. The third kappa shape index (κ3) is 5.48. The van der Waals surface area contributed by atoms with E-state index < -0.39 is 74.6 Å². The Balaban J connectivity index is 1.55. The average molecular weight is 561 g/mol. The summed E-state index contributed by atoms with van der Waals surface area (Å²) in [4.78, 5) is 12.8. The van der Waals surface area contributed by atoms with Crippen molar-refractivity contribution in [1.29, 1.82) is 0 Å². The Morgan fingerprint density at radius 2 is 1.84 bits per heavy atom. The molecule has 0 aromatic heterocycles. The van der Waals surface area contributed by atoms with Crippen molar-refractivity contribution >= 4 is 13.7 Å². The maximum absolute atomic E-state index is 15.6. The van der Waals surface area contributed by atoms with Gasteiger partial charge in [-0.15, -0.1) is 0 Å². The van der Waals surface area contributed by atoms with E-state index in [9.17, 15) is 19.6 Å². The first-order valence-electron chi connectivity index (χ1n) is 12.3. The molecule has 3 aliphatic heterocycles. The van der Waals surface area contributed by atoms with Crippen LogP contribution in [0.15, 0.2) is 17.8 Å². The van der Waals surface area contributed by atoms with Gasteiger partial charge < -0.3 is 29.7 Å². The number of nitrogens with zero attached hydrogens (tertiary/aromatic N) is 1. The molecule has 0 radical (unpaired) electrons. The minimum absolute atomic E-state index is 0.0311. The molecule has 13 heteroatoms. The summed E-state index contributed by atoms with van der Waals surface area (Å²) >= 11 is 0. The third-order valence-corrected chi connectivity index (χ3v) is 7.94. The van der Waals surface area contributed by atoms with Gasteiger partial charge >= 0.3 is 7.82 Å². The van der Waals surface area contributed by atoms with E-state index in [1.54, 1.807) is 6.07 Å². The van der Waals surface area contributed by atoms with Gasteiger partial charge in [0.25, 0.3) is 5.91 Å². The minimum atomic E-state index is -4.42. The molecular formula is C25H35F2N2O8P. The summed E-state index contributed by atoms with van der Waals surface area (Å²) in [6, 6.07) is 1.68. The monoisotopic (exact) mass is 560 g/mol. The molecule has 0 saturated carbocycles. The van der Waals surface area contributed by atoms with E-state index in [-0.39, 0.29) is 16.9 Å². The lowest BCUT2D eigenvalue weighted by Gasteiger charge is -2.37. The fraction of sp³-hybridized carbons (Fsp3) is 0.640. The molecule has 10 nitrogen and oxygen atoms in total. The number of rotatable bonds is 4. The van der Waals surface area contributed by atoms with Gasteiger partial charge in [-0.2, -0.15) is 0 Å². The molecule has 3 heterocycles. The van der Waals surface area contributed by atoms with Crippen LogP contribution in [-0.4, -0.2) is 52.2 Å². The topological polar surface area (TPSA) is 127 Å². The quantitative estimate of drug-likeness (QED) is 0.471. The van der Waals surface area contributed by atoms with E-state index in [0.29, 0.717) is 11.1 Å². The number of ether oxygens (including phenoxy) is 1. The third-order valence-electron chi connectivity index (χ3n) is 6.65. The van der Waals surface area contributed by atoms with E-state index >= 15 is 8.78 Å². The van der Waals surface area contributed by atoms with Crippen molar-refractivity contribution in [2.45, 2.75) is 96.9 Å². The number of fused-ring (bicyclic) bond motifs is 1. The summed E-state index contributed by atoms with van der Waals surface area (Å²) in [5.74, 6) is -3.66. The fourth-order valence-electron chi connectivity index (χ4n) is 4.53. The second kappa shape index (κ2) is 9.53. The molecule has 4 rings (SSSR count). The SMILES string of the molecule is CC1=CN([C@@H]2O[C@](F)(COP3(=O)OCc4c(F)c(C(C)(C)C)cc(C(C)(C)C)c4O3)C[C@H]2O)C(O)NC1=O. The largest absolute Gasteiger partial charge is 0.530 e. The lowest BCUT2D eigenvalue weighted by molar-refractivity contribution is -0.211. The second-order valence-electron chi connectivity index (χ2n) is 11.9. The van der Waals surface area contributed by atoms with Crippen molar-refractivity contribution in [1.82, 2.24) is 10.2 Å². The van der Waals surface area contributed by atoms with Crippen LogP contribution in [0.3, 0.4) is 0 Å². The van der Waals surface area contributed by atoms with Gasteiger partial charge in [-0.25, -0.2) is 13.3 Å². The van der Waals surface area contributed by atoms with Crippen LogP contribution in [0.5, 0.6) is 5.75 Å². The van der Waals surface area contributed by atoms with Crippen LogP contribution in [-0.2, 0) is 40.6 Å². The lowest BCUT2D eigenvalue weighted by Crippen LogP contribution is -2.56. The highest BCUT2D eigenvalue weighted by atomic mass is 31.2. The first kappa shape index (κ1) is 28.9. The first-order chi connectivity index (χ1) is 17.3. The number of aliphatic hydroxyl groups is 2. The van der Waals surface area contributed by atoms with Gasteiger partial charge in [-0.3, -0.25) is 13.8 Å². The van der Waals surface area contributed by atoms with Crippen LogP contribution in [0.25, 0.3) is 0 Å². The normalized spacial score (nSPS) is 32.0. The van der Waals surface area contributed by atoms with Crippen LogP contribution >= 0.6 is 7.82 Å². The highest BCUT2D eigenvalue weighted by molar-refractivity contribution is 7.49. The number of halogens is 2. The molecule has 212 valence electrons. The summed E-state index contributed by atoms with van der Waals surface area (Å²) in [5, 5.41) is 22.8. The average Bonchev–Trinajstić information content (AvgIpc) is 3.08. The number of phosphoric ester groups is 1. The highest BCUT2D eigenvalue weighted by Gasteiger charge is 2.52. The van der Waals surface area contributed by atoms with Gasteiger partial charge in [0.2, 0.25) is 12.2 Å². The molecule has 1 amide bonds. The molecule has 2 unspecified atom stereocenters. The smallest absolute Gasteiger partial charge is 0.403 e. The van der Waals surface area contributed by atoms with Gasteiger partial charge in [0.1, 0.15) is 24.3 Å². The van der Waals surface area contributed by atoms with Crippen molar-refractivity contribution in [2.24, 2.45) is 0 Å². The number of hydrogen-bond donors (Lipinski definition) is 3. The zero-order valence-electron chi connectivity index (χ0n) is 22.5. The van der Waals surface area contributed by atoms with E-state index in [1.165, 1.54) is 13.1 Å². The summed E-state index contributed by atoms with van der Waals surface area (Å²) in [7, 11) is -4.42. The molecule has 1 saturated heterocycles. The lowest BCUT2D eigenvalue weighted by atomic mass is 9.78. The number of nitrogens with one attached hydrogen (secondary N) is 1. The maximum atomic E-state index is 15.6. The minimum Gasteiger partial charge on any atom is -0.403 e. The first-order valence-corrected chi connectivity index (χ1v) is 13.7. The molecule has 1 aromatic carbocycles. The van der Waals surface area contributed by atoms with Crippen LogP contribution in [0, 0.1) is 5.82 Å². The van der Waals surface area contributed by atoms with Crippen LogP contribution < -0.4 is 9.84 Å². The number of carbonyl (C=O) groups is 1. The second-order valence-corrected chi connectivity index (χ2v) is 13.5. The number of amides is 1. The van der Waals surface area contributed by atoms with Crippen LogP contribution in [0.4, 0.5) is 8.78 Å². The van der Waals surface area contributed by atoms with E-state index in [2.05, 4.69) is 5.32 Å². The van der Waals surface area contributed by atoms with Crippen molar-refractivity contribution in [2.75, 3.05) is 6.61 Å². The molecule has 3 aliphatic rings. The van der Waals surface area contributed by atoms with E-state index in [1.807, 2.05) is 41.5 Å². The number of phosphoric acid groups is 1. The molecular weight excluding hydrogens is 525 g/mol. The standard InChI is InChI=1S/C25H35F2N2O8P/c1-13-10-29(22(32)28-20(13)31)21-17(30)9-25(27,36-21)12-35-38(33)34-11-14-18(26)15(23(2,3)4)8-16(19(14)37-38)24(5,6)7/h8,10,17,21-22,30,32H,9,11-12H2,1-7H3,(H,28,31)/t17-,21-,22?,25+,38?/m1/s1. The van der Waals surface area contributed by atoms with E-state index in [0.717, 1.165) is 4.90 Å². The molecule has 0 aliphatic carbocycles. The molecule has 0 spiro atoms. The maximum Gasteiger partial charge on any atom is 0.530 e. The fourth-order valence-corrected chi connectivity index (χ4v) is 5.78. The molecule has 1 fully saturated rings. The Bertz CT molecular complexity index is 1210. The summed E-state index contributed by atoms with van der Waals surface area (Å²) in [6.45, 7) is 11.4. The van der Waals surface area contributed by atoms with Crippen molar-refractivity contribution < 1.29 is 46.7 Å². The number of carbonyl (C=O) groups excluding carboxylic acids is 1. The summed E-state index contributed by atoms with van der Waals surface area (Å²) < 4.78 is 66.0. The molecule has 3 N–H and O–H groups in total. The highest BCUT2D eigenvalue weighted by Crippen LogP contribution is 2.58. The summed E-state index contributed by atoms with van der Waals surface area (Å²) in [6.07, 6.45) is -3.71. The Morgan fingerprint density at radius 1 is 1.21 bits per heavy atom. The predicted molar refractivity (Wildman–Crippen MR) is 132 cm³/mol. The van der Waals surface area contributed by atoms with Crippen molar-refractivity contribution in [3.8, 4) is 5.75 Å². The number of benzene rings is 1.